The van der Waals surface area contributed by atoms with Crippen LogP contribution in [-0.4, -0.2) is 23.0 Å². The van der Waals surface area contributed by atoms with Crippen LogP contribution in [0, 0.1) is 0 Å². The maximum absolute atomic E-state index is 11.3. The van der Waals surface area contributed by atoms with Crippen LogP contribution in [0.25, 0.3) is 11.0 Å². The van der Waals surface area contributed by atoms with Gasteiger partial charge in [0, 0.05) is 11.6 Å². The molecule has 0 amide bonds. The van der Waals surface area contributed by atoms with Crippen molar-refractivity contribution < 1.29 is 9.53 Å². The van der Waals surface area contributed by atoms with Crippen molar-refractivity contribution in [3.8, 4) is 0 Å². The Hall–Kier alpha value is -1.69. The number of pyridine rings is 2. The minimum atomic E-state index is -0.428. The van der Waals surface area contributed by atoms with E-state index < -0.39 is 5.97 Å². The largest absolute Gasteiger partial charge is 0.465 e. The fraction of sp³-hybridized carbons (Fsp3) is 0.100. The number of ether oxygens (including phenoxy) is 1. The van der Waals surface area contributed by atoms with E-state index in [1.165, 1.54) is 13.3 Å². The predicted molar refractivity (Wildman–Crippen MR) is 63.0 cm³/mol. The van der Waals surface area contributed by atoms with Gasteiger partial charge in [-0.05, 0) is 28.1 Å². The van der Waals surface area contributed by atoms with Gasteiger partial charge < -0.3 is 10.5 Å². The van der Waals surface area contributed by atoms with Crippen LogP contribution in [0.3, 0.4) is 0 Å². The number of hydrogen-bond acceptors (Lipinski definition) is 5. The summed E-state index contributed by atoms with van der Waals surface area (Å²) < 4.78 is 5.27. The molecule has 2 rings (SSSR count). The summed E-state index contributed by atoms with van der Waals surface area (Å²) in [5.74, 6) is -0.0619. The van der Waals surface area contributed by atoms with E-state index in [-0.39, 0.29) is 0 Å². The predicted octanol–water partition coefficient (Wildman–Crippen LogP) is 1.76. The summed E-state index contributed by atoms with van der Waals surface area (Å²) in [5.41, 5.74) is 6.50. The van der Waals surface area contributed by atoms with Crippen LogP contribution >= 0.6 is 15.9 Å². The third-order valence-electron chi connectivity index (χ3n) is 2.07. The van der Waals surface area contributed by atoms with Crippen LogP contribution in [0.5, 0.6) is 0 Å². The van der Waals surface area contributed by atoms with E-state index in [4.69, 9.17) is 5.73 Å². The SMILES string of the molecule is COC(=O)c1cnc2nc(N)c(Br)cc2c1. The van der Waals surface area contributed by atoms with Crippen molar-refractivity contribution in [3.05, 3.63) is 28.4 Å². The highest BCUT2D eigenvalue weighted by atomic mass is 79.9. The normalized spacial score (nSPS) is 10.4. The lowest BCUT2D eigenvalue weighted by Gasteiger charge is -2.03. The van der Waals surface area contributed by atoms with Gasteiger partial charge in [0.25, 0.3) is 0 Å². The van der Waals surface area contributed by atoms with Crippen molar-refractivity contribution in [2.75, 3.05) is 12.8 Å². The Kier molecular flexibility index (Phi) is 2.74. The minimum Gasteiger partial charge on any atom is -0.465 e. The molecule has 0 spiro atoms. The number of hydrogen-bond donors (Lipinski definition) is 1. The van der Waals surface area contributed by atoms with Crippen LogP contribution in [0.15, 0.2) is 22.8 Å². The van der Waals surface area contributed by atoms with Gasteiger partial charge in [0.15, 0.2) is 5.65 Å². The molecule has 6 heteroatoms. The Labute approximate surface area is 99.8 Å². The zero-order valence-corrected chi connectivity index (χ0v) is 9.98. The quantitative estimate of drug-likeness (QED) is 0.806. The van der Waals surface area contributed by atoms with Crippen LogP contribution in [0.1, 0.15) is 10.4 Å². The first-order valence-corrected chi connectivity index (χ1v) is 5.21. The summed E-state index contributed by atoms with van der Waals surface area (Å²) in [6, 6.07) is 3.42. The number of anilines is 1. The highest BCUT2D eigenvalue weighted by molar-refractivity contribution is 9.10. The van der Waals surface area contributed by atoms with Crippen LogP contribution in [0.4, 0.5) is 5.82 Å². The van der Waals surface area contributed by atoms with Crippen molar-refractivity contribution >= 4 is 38.8 Å². The Morgan fingerprint density at radius 3 is 2.94 bits per heavy atom. The number of carbonyl (C=O) groups is 1. The molecule has 0 unspecified atom stereocenters. The van der Waals surface area contributed by atoms with E-state index in [9.17, 15) is 4.79 Å². The molecular weight excluding hydrogens is 274 g/mol. The van der Waals surface area contributed by atoms with Gasteiger partial charge in [-0.1, -0.05) is 0 Å². The van der Waals surface area contributed by atoms with Gasteiger partial charge in [0.2, 0.25) is 0 Å². The minimum absolute atomic E-state index is 0.366. The van der Waals surface area contributed by atoms with Crippen LogP contribution in [0.2, 0.25) is 0 Å². The Morgan fingerprint density at radius 2 is 2.25 bits per heavy atom. The molecule has 0 saturated heterocycles. The van der Waals surface area contributed by atoms with Crippen LogP contribution in [-0.2, 0) is 4.74 Å². The van der Waals surface area contributed by atoms with Gasteiger partial charge in [-0.15, -0.1) is 0 Å². The van der Waals surface area contributed by atoms with Crippen LogP contribution < -0.4 is 5.73 Å². The molecule has 0 atom stereocenters. The summed E-state index contributed by atoms with van der Waals surface area (Å²) in [7, 11) is 1.32. The topological polar surface area (TPSA) is 78.1 Å². The zero-order chi connectivity index (χ0) is 11.7. The standard InChI is InChI=1S/C10H8BrN3O2/c1-16-10(15)6-2-5-3-7(11)8(12)14-9(5)13-4-6/h2-4H,1H3,(H2,12,13,14). The van der Waals surface area contributed by atoms with E-state index in [0.717, 1.165) is 5.39 Å². The molecule has 0 aliphatic heterocycles. The molecule has 0 bridgehead atoms. The molecule has 2 heterocycles. The molecule has 82 valence electrons. The van der Waals surface area contributed by atoms with Gasteiger partial charge in [-0.25, -0.2) is 14.8 Å². The third-order valence-corrected chi connectivity index (χ3v) is 2.70. The number of fused-ring (bicyclic) bond motifs is 1. The lowest BCUT2D eigenvalue weighted by molar-refractivity contribution is 0.0600. The van der Waals surface area contributed by atoms with Crippen molar-refractivity contribution in [3.63, 3.8) is 0 Å². The van der Waals surface area contributed by atoms with Gasteiger partial charge in [0.05, 0.1) is 17.1 Å². The number of nitrogens with two attached hydrogens (primary N) is 1. The molecule has 0 saturated carbocycles. The molecule has 0 aliphatic rings. The smallest absolute Gasteiger partial charge is 0.339 e. The molecule has 0 radical (unpaired) electrons. The Bertz CT molecular complexity index is 571. The molecule has 0 fully saturated rings. The van der Waals surface area contributed by atoms with Gasteiger partial charge >= 0.3 is 5.97 Å². The fourth-order valence-corrected chi connectivity index (χ4v) is 1.62. The van der Waals surface area contributed by atoms with E-state index >= 15 is 0 Å². The molecule has 2 aromatic heterocycles. The van der Waals surface area contributed by atoms with E-state index in [1.54, 1.807) is 12.1 Å². The number of aromatic nitrogens is 2. The lowest BCUT2D eigenvalue weighted by atomic mass is 10.2. The molecule has 5 nitrogen and oxygen atoms in total. The highest BCUT2D eigenvalue weighted by Gasteiger charge is 2.08. The van der Waals surface area contributed by atoms with Gasteiger partial charge in [-0.3, -0.25) is 0 Å². The summed E-state index contributed by atoms with van der Waals surface area (Å²) in [4.78, 5) is 19.4. The number of nitrogen functional groups attached to an aromatic ring is 1. The number of halogens is 1. The van der Waals surface area contributed by atoms with E-state index in [0.29, 0.717) is 21.5 Å². The first kappa shape index (κ1) is 10.8. The average molecular weight is 282 g/mol. The summed E-state index contributed by atoms with van der Waals surface area (Å²) in [5, 5.41) is 0.726. The Balaban J connectivity index is 2.62. The Morgan fingerprint density at radius 1 is 1.50 bits per heavy atom. The van der Waals surface area contributed by atoms with Gasteiger partial charge in [-0.2, -0.15) is 0 Å². The average Bonchev–Trinajstić information content (AvgIpc) is 2.29. The number of rotatable bonds is 1. The maximum atomic E-state index is 11.3. The first-order valence-electron chi connectivity index (χ1n) is 4.42. The van der Waals surface area contributed by atoms with Crippen molar-refractivity contribution in [2.45, 2.75) is 0 Å². The van der Waals surface area contributed by atoms with Crippen molar-refractivity contribution in [1.29, 1.82) is 0 Å². The second-order valence-corrected chi connectivity index (χ2v) is 3.97. The highest BCUT2D eigenvalue weighted by Crippen LogP contribution is 2.22. The zero-order valence-electron chi connectivity index (χ0n) is 8.40. The number of nitrogens with zero attached hydrogens (tertiary/aromatic N) is 2. The molecule has 16 heavy (non-hydrogen) atoms. The summed E-state index contributed by atoms with van der Waals surface area (Å²) in [6.45, 7) is 0. The fourth-order valence-electron chi connectivity index (χ4n) is 1.28. The molecule has 0 aliphatic carbocycles. The van der Waals surface area contributed by atoms with Crippen molar-refractivity contribution in [1.82, 2.24) is 9.97 Å². The van der Waals surface area contributed by atoms with Crippen molar-refractivity contribution in [2.24, 2.45) is 0 Å². The number of esters is 1. The molecular formula is C10H8BrN3O2. The van der Waals surface area contributed by atoms with E-state index in [2.05, 4.69) is 30.6 Å². The summed E-state index contributed by atoms with van der Waals surface area (Å²) in [6.07, 6.45) is 1.41. The lowest BCUT2D eigenvalue weighted by Crippen LogP contribution is -2.02. The monoisotopic (exact) mass is 281 g/mol. The third kappa shape index (κ3) is 1.83. The number of methoxy groups -OCH3 is 1. The number of carbonyl (C=O) groups excluding carboxylic acids is 1. The van der Waals surface area contributed by atoms with Gasteiger partial charge in [0.1, 0.15) is 5.82 Å². The molecule has 2 N–H and O–H groups in total. The van der Waals surface area contributed by atoms with E-state index in [1.807, 2.05) is 0 Å². The summed E-state index contributed by atoms with van der Waals surface area (Å²) >= 11 is 3.26. The second kappa shape index (κ2) is 4.05. The maximum Gasteiger partial charge on any atom is 0.339 e. The molecule has 0 aromatic carbocycles. The second-order valence-electron chi connectivity index (χ2n) is 3.12. The molecule has 2 aromatic rings. The first-order chi connectivity index (χ1) is 7.61.